The van der Waals surface area contributed by atoms with Crippen LogP contribution < -0.4 is 0 Å². The van der Waals surface area contributed by atoms with Gasteiger partial charge in [-0.2, -0.15) is 0 Å². The predicted molar refractivity (Wildman–Crippen MR) is 210 cm³/mol. The fourth-order valence-electron chi connectivity index (χ4n) is 9.58. The monoisotopic (exact) mass is 980 g/mol. The molecule has 0 amide bonds. The van der Waals surface area contributed by atoms with Gasteiger partial charge in [0.25, 0.3) is 0 Å². The van der Waals surface area contributed by atoms with Crippen LogP contribution in [-0.2, 0) is 56.8 Å². The summed E-state index contributed by atoms with van der Waals surface area (Å²) in [6, 6.07) is 0. The molecule has 0 aliphatic carbocycles. The van der Waals surface area contributed by atoms with Gasteiger partial charge in [0.1, 0.15) is 122 Å². The van der Waals surface area contributed by atoms with Crippen LogP contribution in [0.5, 0.6) is 0 Å². The van der Waals surface area contributed by atoms with Crippen LogP contribution in [0.1, 0.15) is 40.0 Å². The van der Waals surface area contributed by atoms with Crippen LogP contribution in [0.3, 0.4) is 0 Å². The van der Waals surface area contributed by atoms with Crippen LogP contribution in [0.4, 0.5) is 0 Å². The zero-order valence-corrected chi connectivity index (χ0v) is 36.9. The Morgan fingerprint density at radius 1 is 0.343 bits per heavy atom. The van der Waals surface area contributed by atoms with E-state index in [2.05, 4.69) is 0 Å². The summed E-state index contributed by atoms with van der Waals surface area (Å²) in [5, 5.41) is 166. The lowest BCUT2D eigenvalue weighted by Crippen LogP contribution is -2.68. The summed E-state index contributed by atoms with van der Waals surface area (Å²) in [6.45, 7) is 1.72. The quantitative estimate of drug-likeness (QED) is 0.113. The van der Waals surface area contributed by atoms with Gasteiger partial charge < -0.3 is 133 Å². The molecule has 12 bridgehead atoms. The first-order valence-corrected chi connectivity index (χ1v) is 22.6. The van der Waals surface area contributed by atoms with Gasteiger partial charge in [-0.1, -0.05) is 20.8 Å². The summed E-state index contributed by atoms with van der Waals surface area (Å²) in [7, 11) is 0. The summed E-state index contributed by atoms with van der Waals surface area (Å²) in [5.74, 6) is -0.0589. The van der Waals surface area contributed by atoms with Crippen LogP contribution in [0.2, 0.25) is 0 Å². The summed E-state index contributed by atoms with van der Waals surface area (Å²) in [4.78, 5) is 0. The van der Waals surface area contributed by atoms with Crippen molar-refractivity contribution >= 4 is 0 Å². The van der Waals surface area contributed by atoms with Gasteiger partial charge in [-0.3, -0.25) is 0 Å². The molecular formula is C40H68O27. The molecule has 0 spiro atoms. The molecule has 67 heavy (non-hydrogen) atoms. The Morgan fingerprint density at radius 2 is 0.612 bits per heavy atom. The maximum absolute atomic E-state index is 11.5. The zero-order valence-electron chi connectivity index (χ0n) is 36.9. The van der Waals surface area contributed by atoms with Crippen molar-refractivity contribution in [2.45, 2.75) is 218 Å². The van der Waals surface area contributed by atoms with E-state index in [9.17, 15) is 76.6 Å². The minimum atomic E-state index is -2.10. The highest BCUT2D eigenvalue weighted by molar-refractivity contribution is 5.00. The Morgan fingerprint density at radius 3 is 0.910 bits per heavy atom. The highest BCUT2D eigenvalue weighted by Crippen LogP contribution is 2.39. The molecule has 390 valence electrons. The van der Waals surface area contributed by atoms with E-state index in [4.69, 9.17) is 56.8 Å². The SMILES string of the molecule is CCC1OC2OC3C(CO)OC(OC4C(CO)OC(OC5C(CO)OC(OC6C(CO)OC(OC7CC(O)C(OC7CC(C)C)OC1C(O)C2O)C(O)C6O)C(O)C5O)C(O)C4O)C(O)C3O. The van der Waals surface area contributed by atoms with E-state index in [-0.39, 0.29) is 25.2 Å². The second-order valence-electron chi connectivity index (χ2n) is 18.4. The smallest absolute Gasteiger partial charge is 0.187 e. The van der Waals surface area contributed by atoms with Gasteiger partial charge in [0, 0.05) is 6.42 Å². The lowest BCUT2D eigenvalue weighted by Gasteiger charge is -2.50. The van der Waals surface area contributed by atoms with E-state index < -0.39 is 205 Å². The number of hydrogen-bond acceptors (Lipinski definition) is 27. The van der Waals surface area contributed by atoms with Crippen molar-refractivity contribution < 1.29 is 133 Å². The molecule has 22 saturated heterocycles. The summed E-state index contributed by atoms with van der Waals surface area (Å²) in [5.41, 5.74) is 0. The Labute approximate surface area is 383 Å². The standard InChI is InChI=1S/C40H68O27/c1-4-13-30-20(46)26(52)37(56-13)64-32-17(8-42)60-39(27(53)22(32)48)66-34-19(10-44)62-40(29(55)24(34)50)67-33-18(9-43)61-38(28(54)23(33)49)65-31-16(7-41)59-36(25(51)21(31)47)58-15-6-12(45)35(63-30)57-14(15)5-11(2)3/h11-55H,4-10H2,1-3H3. The Balaban J connectivity index is 1.19. The van der Waals surface area contributed by atoms with E-state index >= 15 is 0 Å². The van der Waals surface area contributed by atoms with Crippen molar-refractivity contribution in [2.75, 3.05) is 26.4 Å². The van der Waals surface area contributed by atoms with Crippen molar-refractivity contribution in [1.82, 2.24) is 0 Å². The van der Waals surface area contributed by atoms with Crippen molar-refractivity contribution in [1.29, 1.82) is 0 Å². The van der Waals surface area contributed by atoms with Gasteiger partial charge in [0.2, 0.25) is 0 Å². The first kappa shape index (κ1) is 53.7. The largest absolute Gasteiger partial charge is 0.394 e. The van der Waals surface area contributed by atoms with E-state index in [0.717, 1.165) is 0 Å². The van der Waals surface area contributed by atoms with E-state index in [1.807, 2.05) is 13.8 Å². The Hall–Kier alpha value is -1.08. The Bertz CT molecular complexity index is 1520. The van der Waals surface area contributed by atoms with Gasteiger partial charge in [0.05, 0.1) is 44.7 Å². The van der Waals surface area contributed by atoms with Gasteiger partial charge in [-0.25, -0.2) is 0 Å². The summed E-state index contributed by atoms with van der Waals surface area (Å²) >= 11 is 0. The molecule has 27 nitrogen and oxygen atoms in total. The van der Waals surface area contributed by atoms with Crippen molar-refractivity contribution in [3.05, 3.63) is 0 Å². The first-order chi connectivity index (χ1) is 31.8. The highest BCUT2D eigenvalue weighted by atomic mass is 16.8. The van der Waals surface area contributed by atoms with E-state index in [1.165, 1.54) is 0 Å². The number of ether oxygens (including phenoxy) is 12. The van der Waals surface area contributed by atoms with Gasteiger partial charge in [-0.15, -0.1) is 0 Å². The van der Waals surface area contributed by atoms with Crippen molar-refractivity contribution in [2.24, 2.45) is 5.92 Å². The molecule has 22 fully saturated rings. The molecule has 29 atom stereocenters. The molecular weight excluding hydrogens is 912 g/mol. The normalized spacial score (nSPS) is 53.7. The summed E-state index contributed by atoms with van der Waals surface area (Å²) in [6.07, 6.45) is -49.5. The molecule has 0 aromatic rings. The summed E-state index contributed by atoms with van der Waals surface area (Å²) < 4.78 is 70.6. The maximum Gasteiger partial charge on any atom is 0.187 e. The molecule has 0 saturated carbocycles. The fraction of sp³-hybridized carbons (Fsp3) is 1.00. The number of hydrogen-bond donors (Lipinski definition) is 15. The Kier molecular flexibility index (Phi) is 18.3. The minimum absolute atomic E-state index is 0.0589. The molecule has 0 radical (unpaired) electrons. The maximum atomic E-state index is 11.5. The van der Waals surface area contributed by atoms with Crippen LogP contribution in [0, 0.1) is 5.92 Å². The number of rotatable bonds is 7. The predicted octanol–water partition coefficient (Wildman–Crippen LogP) is -8.55. The lowest BCUT2D eigenvalue weighted by molar-refractivity contribution is -0.399. The van der Waals surface area contributed by atoms with Crippen LogP contribution in [0.25, 0.3) is 0 Å². The topological polar surface area (TPSA) is 414 Å². The van der Waals surface area contributed by atoms with Gasteiger partial charge in [-0.05, 0) is 18.8 Å². The third kappa shape index (κ3) is 11.0. The van der Waals surface area contributed by atoms with Crippen LogP contribution >= 0.6 is 0 Å². The molecule has 22 aliphatic heterocycles. The average molecular weight is 981 g/mol. The molecule has 22 aliphatic rings. The molecule has 15 N–H and O–H groups in total. The fourth-order valence-corrected chi connectivity index (χ4v) is 9.58. The lowest BCUT2D eigenvalue weighted by atomic mass is 9.93. The molecule has 22 heterocycles. The van der Waals surface area contributed by atoms with E-state index in [1.54, 1.807) is 6.92 Å². The van der Waals surface area contributed by atoms with E-state index in [0.29, 0.717) is 0 Å². The van der Waals surface area contributed by atoms with Gasteiger partial charge >= 0.3 is 0 Å². The second kappa shape index (κ2) is 22.8. The van der Waals surface area contributed by atoms with Crippen LogP contribution in [0.15, 0.2) is 0 Å². The van der Waals surface area contributed by atoms with Crippen molar-refractivity contribution in [3.8, 4) is 0 Å². The second-order valence-corrected chi connectivity index (χ2v) is 18.4. The third-order valence-corrected chi connectivity index (χ3v) is 13.3. The molecule has 0 aromatic heterocycles. The molecule has 22 rings (SSSR count). The number of aliphatic hydroxyl groups is 15. The van der Waals surface area contributed by atoms with Crippen LogP contribution in [-0.4, -0.2) is 281 Å². The van der Waals surface area contributed by atoms with Crippen molar-refractivity contribution in [3.63, 3.8) is 0 Å². The first-order valence-electron chi connectivity index (χ1n) is 22.6. The molecule has 0 aromatic carbocycles. The number of aliphatic hydroxyl groups excluding tert-OH is 15. The minimum Gasteiger partial charge on any atom is -0.394 e. The molecule has 27 heteroatoms. The third-order valence-electron chi connectivity index (χ3n) is 13.3. The van der Waals surface area contributed by atoms with Gasteiger partial charge in [0.15, 0.2) is 37.7 Å². The highest BCUT2D eigenvalue weighted by Gasteiger charge is 2.57. The zero-order chi connectivity index (χ0) is 48.8. The average Bonchev–Trinajstić information content (AvgIpc) is 3.30. The molecule has 29 unspecified atom stereocenters.